The molecule has 4 rings (SSSR count). The molecule has 7 nitrogen and oxygen atoms in total. The Morgan fingerprint density at radius 3 is 2.89 bits per heavy atom. The van der Waals surface area contributed by atoms with Crippen LogP contribution < -0.4 is 15.8 Å². The Kier molecular flexibility index (Phi) is 4.94. The van der Waals surface area contributed by atoms with Gasteiger partial charge in [-0.25, -0.2) is 0 Å². The number of anilines is 2. The van der Waals surface area contributed by atoms with Gasteiger partial charge in [0.05, 0.1) is 11.6 Å². The first-order valence-electron chi connectivity index (χ1n) is 9.33. The average Bonchev–Trinajstić information content (AvgIpc) is 2.66. The third kappa shape index (κ3) is 3.31. The molecule has 2 aromatic rings. The molecular formula is C20H20BrN5O2. The number of halogens is 1. The molecule has 3 unspecified atom stereocenters. The molecule has 0 aliphatic carbocycles. The summed E-state index contributed by atoms with van der Waals surface area (Å²) < 4.78 is 0.817. The number of aromatic amines is 1. The van der Waals surface area contributed by atoms with Gasteiger partial charge in [0.1, 0.15) is 11.7 Å². The first kappa shape index (κ1) is 18.7. The van der Waals surface area contributed by atoms with E-state index in [9.17, 15) is 14.9 Å². The summed E-state index contributed by atoms with van der Waals surface area (Å²) in [6.45, 7) is 3.80. The molecule has 144 valence electrons. The molecule has 3 heterocycles. The molecule has 1 aromatic carbocycles. The summed E-state index contributed by atoms with van der Waals surface area (Å²) in [4.78, 5) is 35.1. The highest BCUT2D eigenvalue weighted by Gasteiger charge is 2.40. The summed E-state index contributed by atoms with van der Waals surface area (Å²) in [7, 11) is 0. The van der Waals surface area contributed by atoms with E-state index in [1.165, 1.54) is 0 Å². The van der Waals surface area contributed by atoms with Crippen molar-refractivity contribution in [1.29, 1.82) is 5.26 Å². The molecule has 3 atom stereocenters. The number of nitrogens with zero attached hydrogens (tertiary/aromatic N) is 3. The van der Waals surface area contributed by atoms with Gasteiger partial charge in [0.15, 0.2) is 0 Å². The van der Waals surface area contributed by atoms with Crippen molar-refractivity contribution in [3.63, 3.8) is 0 Å². The molecule has 0 spiro atoms. The van der Waals surface area contributed by atoms with Crippen LogP contribution in [0, 0.1) is 23.2 Å². The zero-order valence-electron chi connectivity index (χ0n) is 15.4. The topological polar surface area (TPSA) is 102 Å². The fourth-order valence-electron chi connectivity index (χ4n) is 4.09. The highest BCUT2D eigenvalue weighted by molar-refractivity contribution is 9.10. The van der Waals surface area contributed by atoms with Gasteiger partial charge in [0, 0.05) is 23.5 Å². The number of rotatable bonds is 2. The molecule has 1 aromatic heterocycles. The minimum absolute atomic E-state index is 0.249. The van der Waals surface area contributed by atoms with Gasteiger partial charge in [0.25, 0.3) is 5.56 Å². The molecule has 1 saturated heterocycles. The Morgan fingerprint density at radius 1 is 1.36 bits per heavy atom. The number of amides is 1. The van der Waals surface area contributed by atoms with Crippen LogP contribution in [0.4, 0.5) is 11.8 Å². The van der Waals surface area contributed by atoms with Crippen LogP contribution in [0.15, 0.2) is 33.5 Å². The lowest BCUT2D eigenvalue weighted by Crippen LogP contribution is -2.41. The van der Waals surface area contributed by atoms with Crippen molar-refractivity contribution in [3.8, 4) is 6.07 Å². The van der Waals surface area contributed by atoms with Gasteiger partial charge < -0.3 is 10.2 Å². The first-order chi connectivity index (χ1) is 13.5. The second-order valence-electron chi connectivity index (χ2n) is 7.47. The normalized spacial score (nSPS) is 24.2. The maximum atomic E-state index is 13.1. The maximum absolute atomic E-state index is 13.1. The minimum Gasteiger partial charge on any atom is -0.342 e. The molecule has 1 amide bonds. The summed E-state index contributed by atoms with van der Waals surface area (Å²) in [6, 6.07) is 9.39. The number of aromatic nitrogens is 2. The Labute approximate surface area is 170 Å². The Morgan fingerprint density at radius 2 is 2.18 bits per heavy atom. The van der Waals surface area contributed by atoms with Gasteiger partial charge in [-0.05, 0) is 36.5 Å². The van der Waals surface area contributed by atoms with E-state index in [4.69, 9.17) is 0 Å². The molecule has 1 fully saturated rings. The number of hydrogen-bond donors (Lipinski definition) is 2. The van der Waals surface area contributed by atoms with E-state index in [0.29, 0.717) is 17.4 Å². The van der Waals surface area contributed by atoms with Crippen molar-refractivity contribution in [3.05, 3.63) is 50.2 Å². The summed E-state index contributed by atoms with van der Waals surface area (Å²) >= 11 is 3.42. The van der Waals surface area contributed by atoms with Gasteiger partial charge in [-0.1, -0.05) is 35.0 Å². The third-order valence-corrected chi connectivity index (χ3v) is 5.91. The van der Waals surface area contributed by atoms with E-state index in [0.717, 1.165) is 36.0 Å². The lowest BCUT2D eigenvalue weighted by molar-refractivity contribution is -0.119. The molecule has 2 aliphatic heterocycles. The smallest absolute Gasteiger partial charge is 0.258 e. The standard InChI is InChI=1S/C20H20BrN5O2/c1-11-4-3-7-26(10-11)20-24-17-16(19(28)25-20)15(14(9-22)18(27)23-17)12-5-2-6-13(21)8-12/h2,5-6,8,11,14-15H,3-4,7,10H2,1H3,(H2,23,24,25,27,28). The summed E-state index contributed by atoms with van der Waals surface area (Å²) in [5.41, 5.74) is 0.741. The molecule has 2 aliphatic rings. The van der Waals surface area contributed by atoms with E-state index in [1.807, 2.05) is 29.2 Å². The second kappa shape index (κ2) is 7.40. The van der Waals surface area contributed by atoms with Crippen LogP contribution in [0.5, 0.6) is 0 Å². The average molecular weight is 442 g/mol. The lowest BCUT2D eigenvalue weighted by atomic mass is 9.79. The predicted octanol–water partition coefficient (Wildman–Crippen LogP) is 2.99. The quantitative estimate of drug-likeness (QED) is 0.745. The van der Waals surface area contributed by atoms with Crippen molar-refractivity contribution >= 4 is 33.6 Å². The van der Waals surface area contributed by atoms with Crippen LogP contribution in [0.2, 0.25) is 0 Å². The van der Waals surface area contributed by atoms with Gasteiger partial charge in [-0.3, -0.25) is 14.6 Å². The summed E-state index contributed by atoms with van der Waals surface area (Å²) in [5, 5.41) is 12.3. The molecule has 0 bridgehead atoms. The van der Waals surface area contributed by atoms with E-state index in [2.05, 4.69) is 44.2 Å². The van der Waals surface area contributed by atoms with Gasteiger partial charge in [-0.15, -0.1) is 0 Å². The van der Waals surface area contributed by atoms with Crippen LogP contribution in [0.25, 0.3) is 0 Å². The molecule has 28 heavy (non-hydrogen) atoms. The van der Waals surface area contributed by atoms with Gasteiger partial charge in [0.2, 0.25) is 11.9 Å². The number of carbonyl (C=O) groups is 1. The van der Waals surface area contributed by atoms with E-state index >= 15 is 0 Å². The van der Waals surface area contributed by atoms with E-state index in [-0.39, 0.29) is 11.4 Å². The predicted molar refractivity (Wildman–Crippen MR) is 109 cm³/mol. The number of nitrogens with one attached hydrogen (secondary N) is 2. The number of H-pyrrole nitrogens is 1. The van der Waals surface area contributed by atoms with Crippen molar-refractivity contribution in [2.75, 3.05) is 23.3 Å². The third-order valence-electron chi connectivity index (χ3n) is 5.41. The van der Waals surface area contributed by atoms with E-state index in [1.54, 1.807) is 0 Å². The minimum atomic E-state index is -0.995. The van der Waals surface area contributed by atoms with Gasteiger partial charge in [-0.2, -0.15) is 10.2 Å². The van der Waals surface area contributed by atoms with Crippen LogP contribution in [0.3, 0.4) is 0 Å². The Balaban J connectivity index is 1.83. The van der Waals surface area contributed by atoms with Crippen molar-refractivity contribution < 1.29 is 4.79 Å². The SMILES string of the molecule is CC1CCCN(c2nc3c(c(=O)[nH]2)C(c2cccc(Br)c2)C(C#N)C(=O)N3)C1. The van der Waals surface area contributed by atoms with Gasteiger partial charge >= 0.3 is 0 Å². The number of hydrogen-bond acceptors (Lipinski definition) is 5. The Bertz CT molecular complexity index is 1030. The molecule has 0 saturated carbocycles. The van der Waals surface area contributed by atoms with Crippen molar-refractivity contribution in [2.45, 2.75) is 25.7 Å². The Hall–Kier alpha value is -2.66. The zero-order chi connectivity index (χ0) is 19.8. The second-order valence-corrected chi connectivity index (χ2v) is 8.39. The highest BCUT2D eigenvalue weighted by atomic mass is 79.9. The van der Waals surface area contributed by atoms with Crippen LogP contribution in [-0.4, -0.2) is 29.0 Å². The van der Waals surface area contributed by atoms with Crippen molar-refractivity contribution in [1.82, 2.24) is 9.97 Å². The van der Waals surface area contributed by atoms with E-state index < -0.39 is 17.7 Å². The number of benzene rings is 1. The monoisotopic (exact) mass is 441 g/mol. The fraction of sp³-hybridized carbons (Fsp3) is 0.400. The lowest BCUT2D eigenvalue weighted by Gasteiger charge is -2.33. The van der Waals surface area contributed by atoms with Crippen molar-refractivity contribution in [2.24, 2.45) is 11.8 Å². The summed E-state index contributed by atoms with van der Waals surface area (Å²) in [6.07, 6.45) is 2.18. The molecule has 0 radical (unpaired) electrons. The largest absolute Gasteiger partial charge is 0.342 e. The number of piperidine rings is 1. The zero-order valence-corrected chi connectivity index (χ0v) is 17.0. The van der Waals surface area contributed by atoms with Crippen LogP contribution >= 0.6 is 15.9 Å². The van der Waals surface area contributed by atoms with Crippen LogP contribution in [0.1, 0.15) is 36.8 Å². The fourth-order valence-corrected chi connectivity index (χ4v) is 4.51. The van der Waals surface area contributed by atoms with Crippen LogP contribution in [-0.2, 0) is 4.79 Å². The molecular weight excluding hydrogens is 422 g/mol. The first-order valence-corrected chi connectivity index (χ1v) is 10.1. The molecule has 2 N–H and O–H groups in total. The highest BCUT2D eigenvalue weighted by Crippen LogP contribution is 2.39. The number of carbonyl (C=O) groups excluding carboxylic acids is 1. The molecule has 8 heteroatoms. The number of nitriles is 1. The summed E-state index contributed by atoms with van der Waals surface area (Å²) in [5.74, 6) is -0.863. The number of fused-ring (bicyclic) bond motifs is 1. The maximum Gasteiger partial charge on any atom is 0.258 e.